The predicted molar refractivity (Wildman–Crippen MR) is 63.1 cm³/mol. The molecule has 0 spiro atoms. The highest BCUT2D eigenvalue weighted by atomic mass is 19.1. The largest absolute Gasteiger partial charge is 0.478 e. The van der Waals surface area contributed by atoms with E-state index in [4.69, 9.17) is 5.11 Å². The Kier molecular flexibility index (Phi) is 3.58. The molecule has 0 radical (unpaired) electrons. The van der Waals surface area contributed by atoms with Crippen LogP contribution in [0, 0.1) is 5.82 Å². The number of carboxylic acid groups (broad SMARTS) is 1. The summed E-state index contributed by atoms with van der Waals surface area (Å²) in [7, 11) is 0. The SMILES string of the molecule is O=C(O)c1cccc(F)c1N1CCCNCC1. The first-order chi connectivity index (χ1) is 8.20. The molecule has 2 rings (SSSR count). The Labute approximate surface area is 99.0 Å². The lowest BCUT2D eigenvalue weighted by Crippen LogP contribution is -2.30. The summed E-state index contributed by atoms with van der Waals surface area (Å²) >= 11 is 0. The number of rotatable bonds is 2. The maximum Gasteiger partial charge on any atom is 0.337 e. The molecule has 0 amide bonds. The zero-order valence-electron chi connectivity index (χ0n) is 9.45. The van der Waals surface area contributed by atoms with Crippen LogP contribution in [0.4, 0.5) is 10.1 Å². The van der Waals surface area contributed by atoms with Crippen LogP contribution in [0.15, 0.2) is 18.2 Å². The number of aromatic carboxylic acids is 1. The van der Waals surface area contributed by atoms with Crippen LogP contribution in [0.25, 0.3) is 0 Å². The second-order valence-electron chi connectivity index (χ2n) is 4.03. The van der Waals surface area contributed by atoms with Crippen molar-refractivity contribution in [1.82, 2.24) is 5.32 Å². The van der Waals surface area contributed by atoms with Gasteiger partial charge in [0.05, 0.1) is 11.3 Å². The summed E-state index contributed by atoms with van der Waals surface area (Å²) in [4.78, 5) is 12.9. The van der Waals surface area contributed by atoms with E-state index >= 15 is 0 Å². The first-order valence-electron chi connectivity index (χ1n) is 5.67. The Bertz CT molecular complexity index is 415. The highest BCUT2D eigenvalue weighted by molar-refractivity contribution is 5.94. The fraction of sp³-hybridized carbons (Fsp3) is 0.417. The maximum atomic E-state index is 13.8. The van der Waals surface area contributed by atoms with Gasteiger partial charge in [0.25, 0.3) is 0 Å². The third-order valence-corrected chi connectivity index (χ3v) is 2.87. The topological polar surface area (TPSA) is 52.6 Å². The molecular formula is C12H15FN2O2. The van der Waals surface area contributed by atoms with E-state index in [0.29, 0.717) is 13.1 Å². The van der Waals surface area contributed by atoms with E-state index in [0.717, 1.165) is 19.5 Å². The smallest absolute Gasteiger partial charge is 0.337 e. The van der Waals surface area contributed by atoms with Gasteiger partial charge < -0.3 is 15.3 Å². The van der Waals surface area contributed by atoms with Gasteiger partial charge in [0.1, 0.15) is 5.82 Å². The van der Waals surface area contributed by atoms with Gasteiger partial charge in [0.2, 0.25) is 0 Å². The predicted octanol–water partition coefficient (Wildman–Crippen LogP) is 1.32. The monoisotopic (exact) mass is 238 g/mol. The molecule has 17 heavy (non-hydrogen) atoms. The third-order valence-electron chi connectivity index (χ3n) is 2.87. The fourth-order valence-electron chi connectivity index (χ4n) is 2.08. The van der Waals surface area contributed by atoms with Crippen molar-refractivity contribution in [3.63, 3.8) is 0 Å². The zero-order valence-corrected chi connectivity index (χ0v) is 9.45. The number of carbonyl (C=O) groups is 1. The summed E-state index contributed by atoms with van der Waals surface area (Å²) in [6.07, 6.45) is 0.882. The molecule has 1 aliphatic heterocycles. The summed E-state index contributed by atoms with van der Waals surface area (Å²) in [5.41, 5.74) is 0.246. The van der Waals surface area contributed by atoms with E-state index in [1.165, 1.54) is 18.2 Å². The summed E-state index contributed by atoms with van der Waals surface area (Å²) in [6, 6.07) is 4.18. The Balaban J connectivity index is 2.37. The molecule has 1 heterocycles. The molecule has 0 bridgehead atoms. The van der Waals surface area contributed by atoms with Crippen molar-refractivity contribution in [2.45, 2.75) is 6.42 Å². The van der Waals surface area contributed by atoms with Crippen molar-refractivity contribution in [3.05, 3.63) is 29.6 Å². The molecule has 1 aromatic rings. The Morgan fingerprint density at radius 1 is 1.35 bits per heavy atom. The third kappa shape index (κ3) is 2.55. The van der Waals surface area contributed by atoms with Crippen LogP contribution in [0.2, 0.25) is 0 Å². The molecule has 5 heteroatoms. The Hall–Kier alpha value is -1.62. The molecule has 1 aliphatic rings. The Morgan fingerprint density at radius 2 is 2.18 bits per heavy atom. The van der Waals surface area contributed by atoms with Gasteiger partial charge in [0, 0.05) is 19.6 Å². The molecule has 0 atom stereocenters. The average Bonchev–Trinajstić information content (AvgIpc) is 2.57. The minimum Gasteiger partial charge on any atom is -0.478 e. The van der Waals surface area contributed by atoms with Crippen molar-refractivity contribution < 1.29 is 14.3 Å². The molecule has 0 saturated carbocycles. The number of para-hydroxylation sites is 1. The molecule has 1 saturated heterocycles. The molecule has 0 aromatic heterocycles. The van der Waals surface area contributed by atoms with Gasteiger partial charge in [-0.1, -0.05) is 6.07 Å². The van der Waals surface area contributed by atoms with E-state index in [1.54, 1.807) is 4.90 Å². The standard InChI is InChI=1S/C12H15FN2O2/c13-10-4-1-3-9(12(16)17)11(10)15-7-2-5-14-6-8-15/h1,3-4,14H,2,5-8H2,(H,16,17). The van der Waals surface area contributed by atoms with E-state index in [1.807, 2.05) is 0 Å². The second kappa shape index (κ2) is 5.14. The van der Waals surface area contributed by atoms with Crippen LogP contribution in [-0.4, -0.2) is 37.3 Å². The second-order valence-corrected chi connectivity index (χ2v) is 4.03. The first kappa shape index (κ1) is 11.9. The van der Waals surface area contributed by atoms with Crippen molar-refractivity contribution in [1.29, 1.82) is 0 Å². The van der Waals surface area contributed by atoms with E-state index in [9.17, 15) is 9.18 Å². The molecule has 0 aliphatic carbocycles. The number of nitrogens with zero attached hydrogens (tertiary/aromatic N) is 1. The van der Waals surface area contributed by atoms with Gasteiger partial charge in [-0.05, 0) is 25.1 Å². The number of nitrogens with one attached hydrogen (secondary N) is 1. The van der Waals surface area contributed by atoms with Crippen LogP contribution in [-0.2, 0) is 0 Å². The molecule has 0 unspecified atom stereocenters. The first-order valence-corrected chi connectivity index (χ1v) is 5.67. The van der Waals surface area contributed by atoms with E-state index in [-0.39, 0.29) is 11.3 Å². The van der Waals surface area contributed by atoms with Crippen LogP contribution < -0.4 is 10.2 Å². The van der Waals surface area contributed by atoms with E-state index in [2.05, 4.69) is 5.32 Å². The van der Waals surface area contributed by atoms with Crippen molar-refractivity contribution in [3.8, 4) is 0 Å². The number of halogens is 1. The summed E-state index contributed by atoms with van der Waals surface area (Å²) < 4.78 is 13.8. The number of hydrogen-bond acceptors (Lipinski definition) is 3. The van der Waals surface area contributed by atoms with Crippen molar-refractivity contribution >= 4 is 11.7 Å². The van der Waals surface area contributed by atoms with Gasteiger partial charge in [-0.15, -0.1) is 0 Å². The summed E-state index contributed by atoms with van der Waals surface area (Å²) in [5.74, 6) is -1.55. The van der Waals surface area contributed by atoms with Crippen molar-refractivity contribution in [2.75, 3.05) is 31.1 Å². The lowest BCUT2D eigenvalue weighted by molar-refractivity contribution is 0.0697. The highest BCUT2D eigenvalue weighted by Crippen LogP contribution is 2.25. The number of hydrogen-bond donors (Lipinski definition) is 2. The molecular weight excluding hydrogens is 223 g/mol. The molecule has 92 valence electrons. The lowest BCUT2D eigenvalue weighted by atomic mass is 10.1. The Morgan fingerprint density at radius 3 is 2.94 bits per heavy atom. The number of anilines is 1. The molecule has 2 N–H and O–H groups in total. The minimum absolute atomic E-state index is 0.0342. The van der Waals surface area contributed by atoms with Crippen LogP contribution in [0.1, 0.15) is 16.8 Å². The maximum absolute atomic E-state index is 13.8. The minimum atomic E-state index is -1.09. The van der Waals surface area contributed by atoms with Gasteiger partial charge in [-0.2, -0.15) is 0 Å². The lowest BCUT2D eigenvalue weighted by Gasteiger charge is -2.24. The van der Waals surface area contributed by atoms with Crippen LogP contribution in [0.5, 0.6) is 0 Å². The zero-order chi connectivity index (χ0) is 12.3. The number of carboxylic acids is 1. The van der Waals surface area contributed by atoms with Gasteiger partial charge >= 0.3 is 5.97 Å². The fourth-order valence-corrected chi connectivity index (χ4v) is 2.08. The molecule has 4 nitrogen and oxygen atoms in total. The van der Waals surface area contributed by atoms with Gasteiger partial charge in [0.15, 0.2) is 0 Å². The van der Waals surface area contributed by atoms with Crippen LogP contribution >= 0.6 is 0 Å². The van der Waals surface area contributed by atoms with Gasteiger partial charge in [-0.3, -0.25) is 0 Å². The summed E-state index contributed by atoms with van der Waals surface area (Å²) in [5, 5.41) is 12.3. The highest BCUT2D eigenvalue weighted by Gasteiger charge is 2.20. The van der Waals surface area contributed by atoms with Crippen LogP contribution in [0.3, 0.4) is 0 Å². The van der Waals surface area contributed by atoms with Crippen molar-refractivity contribution in [2.24, 2.45) is 0 Å². The molecule has 1 aromatic carbocycles. The summed E-state index contributed by atoms with van der Waals surface area (Å²) in [6.45, 7) is 2.93. The molecule has 1 fully saturated rings. The van der Waals surface area contributed by atoms with Gasteiger partial charge in [-0.25, -0.2) is 9.18 Å². The number of benzene rings is 1. The van der Waals surface area contributed by atoms with E-state index < -0.39 is 11.8 Å². The normalized spacial score (nSPS) is 16.6. The average molecular weight is 238 g/mol. The quantitative estimate of drug-likeness (QED) is 0.816.